The first-order valence-corrected chi connectivity index (χ1v) is 7.19. The highest BCUT2D eigenvalue weighted by molar-refractivity contribution is 5.76. The predicted molar refractivity (Wildman–Crippen MR) is 70.4 cm³/mol. The summed E-state index contributed by atoms with van der Waals surface area (Å²) >= 11 is 0. The molecular formula is C14H25NO3. The van der Waals surface area contributed by atoms with Crippen molar-refractivity contribution in [1.29, 1.82) is 0 Å². The first kappa shape index (κ1) is 15.0. The van der Waals surface area contributed by atoms with Crippen LogP contribution in [-0.2, 0) is 9.59 Å². The average molecular weight is 255 g/mol. The number of carboxylic acids is 1. The van der Waals surface area contributed by atoms with E-state index in [0.29, 0.717) is 12.5 Å². The molecule has 0 unspecified atom stereocenters. The molecular weight excluding hydrogens is 230 g/mol. The molecule has 0 radical (unpaired) electrons. The van der Waals surface area contributed by atoms with Gasteiger partial charge in [-0.25, -0.2) is 0 Å². The number of carbonyl (C=O) groups excluding carboxylic acids is 1. The van der Waals surface area contributed by atoms with Crippen LogP contribution in [0.25, 0.3) is 0 Å². The van der Waals surface area contributed by atoms with Crippen LogP contribution >= 0.6 is 0 Å². The number of hydrogen-bond acceptors (Lipinski definition) is 2. The highest BCUT2D eigenvalue weighted by Crippen LogP contribution is 2.17. The van der Waals surface area contributed by atoms with E-state index in [0.717, 1.165) is 38.5 Å². The van der Waals surface area contributed by atoms with Gasteiger partial charge in [0.2, 0.25) is 5.91 Å². The molecule has 1 rings (SSSR count). The van der Waals surface area contributed by atoms with Crippen LogP contribution in [0.2, 0.25) is 0 Å². The first-order chi connectivity index (χ1) is 8.68. The zero-order chi connectivity index (χ0) is 13.2. The van der Waals surface area contributed by atoms with Gasteiger partial charge < -0.3 is 10.4 Å². The molecule has 1 saturated carbocycles. The first-order valence-electron chi connectivity index (χ1n) is 7.19. The average Bonchev–Trinajstić information content (AvgIpc) is 2.34. The molecule has 1 aliphatic carbocycles. The maximum Gasteiger partial charge on any atom is 0.303 e. The molecule has 4 heteroatoms. The van der Waals surface area contributed by atoms with E-state index in [-0.39, 0.29) is 12.3 Å². The molecule has 2 N–H and O–H groups in total. The van der Waals surface area contributed by atoms with Gasteiger partial charge in [-0.15, -0.1) is 0 Å². The molecule has 104 valence electrons. The lowest BCUT2D eigenvalue weighted by Crippen LogP contribution is -2.35. The van der Waals surface area contributed by atoms with Crippen molar-refractivity contribution in [3.8, 4) is 0 Å². The number of rotatable bonds is 8. The Hall–Kier alpha value is -1.06. The van der Waals surface area contributed by atoms with Gasteiger partial charge >= 0.3 is 5.97 Å². The second-order valence-electron chi connectivity index (χ2n) is 5.21. The van der Waals surface area contributed by atoms with E-state index in [1.165, 1.54) is 19.3 Å². The van der Waals surface area contributed by atoms with E-state index in [2.05, 4.69) is 5.32 Å². The molecule has 18 heavy (non-hydrogen) atoms. The number of carbonyl (C=O) groups is 2. The predicted octanol–water partition coefficient (Wildman–Crippen LogP) is 2.86. The molecule has 0 aromatic carbocycles. The van der Waals surface area contributed by atoms with Crippen molar-refractivity contribution in [2.24, 2.45) is 0 Å². The number of aliphatic carboxylic acids is 1. The summed E-state index contributed by atoms with van der Waals surface area (Å²) in [6.07, 6.45) is 10.3. The van der Waals surface area contributed by atoms with Crippen LogP contribution in [0.4, 0.5) is 0 Å². The summed E-state index contributed by atoms with van der Waals surface area (Å²) in [5, 5.41) is 11.6. The minimum Gasteiger partial charge on any atom is -0.481 e. The zero-order valence-corrected chi connectivity index (χ0v) is 11.1. The van der Waals surface area contributed by atoms with E-state index in [1.54, 1.807) is 0 Å². The number of hydrogen-bond donors (Lipinski definition) is 2. The van der Waals surface area contributed by atoms with Crippen LogP contribution in [0, 0.1) is 0 Å². The van der Waals surface area contributed by atoms with Gasteiger partial charge in [-0.05, 0) is 25.7 Å². The fraction of sp³-hybridized carbons (Fsp3) is 0.857. The van der Waals surface area contributed by atoms with Crippen LogP contribution in [0.1, 0.15) is 70.6 Å². The Morgan fingerprint density at radius 1 is 0.944 bits per heavy atom. The Morgan fingerprint density at radius 2 is 1.56 bits per heavy atom. The summed E-state index contributed by atoms with van der Waals surface area (Å²) in [6.45, 7) is 0. The summed E-state index contributed by atoms with van der Waals surface area (Å²) in [4.78, 5) is 21.9. The van der Waals surface area contributed by atoms with Crippen molar-refractivity contribution >= 4 is 11.9 Å². The van der Waals surface area contributed by atoms with Crippen molar-refractivity contribution in [3.05, 3.63) is 0 Å². The Morgan fingerprint density at radius 3 is 2.17 bits per heavy atom. The summed E-state index contributed by atoms with van der Waals surface area (Å²) in [5.41, 5.74) is 0. The highest BCUT2D eigenvalue weighted by atomic mass is 16.4. The van der Waals surface area contributed by atoms with Crippen molar-refractivity contribution in [1.82, 2.24) is 5.32 Å². The molecule has 0 aromatic rings. The minimum atomic E-state index is -0.731. The molecule has 4 nitrogen and oxygen atoms in total. The molecule has 0 aliphatic heterocycles. The number of amides is 1. The van der Waals surface area contributed by atoms with Gasteiger partial charge in [0.05, 0.1) is 0 Å². The molecule has 1 amide bonds. The van der Waals surface area contributed by atoms with E-state index in [1.807, 2.05) is 0 Å². The molecule has 0 saturated heterocycles. The molecule has 0 spiro atoms. The number of nitrogens with one attached hydrogen (secondary N) is 1. The van der Waals surface area contributed by atoms with Crippen LogP contribution < -0.4 is 5.32 Å². The van der Waals surface area contributed by atoms with Gasteiger partial charge in [-0.3, -0.25) is 9.59 Å². The third-order valence-corrected chi connectivity index (χ3v) is 3.51. The van der Waals surface area contributed by atoms with Crippen molar-refractivity contribution in [2.75, 3.05) is 0 Å². The van der Waals surface area contributed by atoms with Crippen molar-refractivity contribution < 1.29 is 14.7 Å². The minimum absolute atomic E-state index is 0.167. The van der Waals surface area contributed by atoms with Gasteiger partial charge in [-0.2, -0.15) is 0 Å². The summed E-state index contributed by atoms with van der Waals surface area (Å²) in [6, 6.07) is 0.401. The lowest BCUT2D eigenvalue weighted by molar-refractivity contribution is -0.137. The van der Waals surface area contributed by atoms with Crippen LogP contribution in [0.15, 0.2) is 0 Å². The SMILES string of the molecule is O=C(O)CCCCCCC(=O)NC1CCCCC1. The molecule has 0 bridgehead atoms. The van der Waals surface area contributed by atoms with Crippen molar-refractivity contribution in [2.45, 2.75) is 76.7 Å². The molecule has 0 atom stereocenters. The summed E-state index contributed by atoms with van der Waals surface area (Å²) < 4.78 is 0. The van der Waals surface area contributed by atoms with Gasteiger partial charge in [0.15, 0.2) is 0 Å². The summed E-state index contributed by atoms with van der Waals surface area (Å²) in [5.74, 6) is -0.565. The maximum absolute atomic E-state index is 11.6. The monoisotopic (exact) mass is 255 g/mol. The van der Waals surface area contributed by atoms with Crippen LogP contribution in [-0.4, -0.2) is 23.0 Å². The van der Waals surface area contributed by atoms with Crippen molar-refractivity contribution in [3.63, 3.8) is 0 Å². The molecule has 1 aliphatic rings. The second kappa shape index (κ2) is 8.95. The third kappa shape index (κ3) is 7.30. The van der Waals surface area contributed by atoms with E-state index in [4.69, 9.17) is 5.11 Å². The third-order valence-electron chi connectivity index (χ3n) is 3.51. The zero-order valence-electron chi connectivity index (χ0n) is 11.1. The fourth-order valence-electron chi connectivity index (χ4n) is 2.46. The van der Waals surface area contributed by atoms with Gasteiger partial charge in [0, 0.05) is 18.9 Å². The Balaban J connectivity index is 1.94. The van der Waals surface area contributed by atoms with Gasteiger partial charge in [0.25, 0.3) is 0 Å². The standard InChI is InChI=1S/C14H25NO3/c16-13(15-12-8-4-3-5-9-12)10-6-1-2-7-11-14(17)18/h12H,1-11H2,(H,15,16)(H,17,18). The fourth-order valence-corrected chi connectivity index (χ4v) is 2.46. The van der Waals surface area contributed by atoms with Crippen LogP contribution in [0.3, 0.4) is 0 Å². The van der Waals surface area contributed by atoms with Crippen LogP contribution in [0.5, 0.6) is 0 Å². The number of unbranched alkanes of at least 4 members (excludes halogenated alkanes) is 3. The van der Waals surface area contributed by atoms with E-state index >= 15 is 0 Å². The lowest BCUT2D eigenvalue weighted by atomic mass is 9.95. The normalized spacial score (nSPS) is 16.4. The number of carboxylic acid groups (broad SMARTS) is 1. The van der Waals surface area contributed by atoms with Gasteiger partial charge in [-0.1, -0.05) is 32.1 Å². The second-order valence-corrected chi connectivity index (χ2v) is 5.21. The lowest BCUT2D eigenvalue weighted by Gasteiger charge is -2.22. The molecule has 0 aromatic heterocycles. The summed E-state index contributed by atoms with van der Waals surface area (Å²) in [7, 11) is 0. The Labute approximate surface area is 109 Å². The van der Waals surface area contributed by atoms with Gasteiger partial charge in [0.1, 0.15) is 0 Å². The topological polar surface area (TPSA) is 66.4 Å². The Bertz CT molecular complexity index is 260. The Kier molecular flexibility index (Phi) is 7.46. The molecule has 0 heterocycles. The quantitative estimate of drug-likeness (QED) is 0.655. The van der Waals surface area contributed by atoms with E-state index in [9.17, 15) is 9.59 Å². The largest absolute Gasteiger partial charge is 0.481 e. The smallest absolute Gasteiger partial charge is 0.303 e. The molecule has 1 fully saturated rings. The van der Waals surface area contributed by atoms with E-state index < -0.39 is 5.97 Å². The maximum atomic E-state index is 11.6. The highest BCUT2D eigenvalue weighted by Gasteiger charge is 2.14.